The van der Waals surface area contributed by atoms with E-state index in [4.69, 9.17) is 4.74 Å². The number of amides is 2. The van der Waals surface area contributed by atoms with Crippen molar-refractivity contribution in [2.75, 3.05) is 6.61 Å². The number of hydrogen-bond acceptors (Lipinski definition) is 3. The normalized spacial score (nSPS) is 11.3. The lowest BCUT2D eigenvalue weighted by molar-refractivity contribution is -0.143. The summed E-state index contributed by atoms with van der Waals surface area (Å²) in [6.07, 6.45) is 0. The van der Waals surface area contributed by atoms with E-state index in [1.54, 1.807) is 17.0 Å². The summed E-state index contributed by atoms with van der Waals surface area (Å²) in [5.41, 5.74) is 2.65. The lowest BCUT2D eigenvalue weighted by Crippen LogP contribution is -2.45. The molecule has 0 saturated heterocycles. The molecular formula is C30H28N2O3. The second-order valence-corrected chi connectivity index (χ2v) is 8.13. The van der Waals surface area contributed by atoms with Crippen molar-refractivity contribution >= 4 is 11.8 Å². The number of hydrogen-bond donors (Lipinski definition) is 1. The van der Waals surface area contributed by atoms with E-state index < -0.39 is 6.04 Å². The third kappa shape index (κ3) is 6.81. The molecule has 1 atom stereocenters. The summed E-state index contributed by atoms with van der Waals surface area (Å²) in [5.74, 6) is 0.0794. The van der Waals surface area contributed by atoms with Crippen LogP contribution in [0.5, 0.6) is 5.75 Å². The molecule has 0 radical (unpaired) electrons. The van der Waals surface area contributed by atoms with E-state index in [0.29, 0.717) is 12.3 Å². The van der Waals surface area contributed by atoms with Gasteiger partial charge in [0.1, 0.15) is 11.8 Å². The van der Waals surface area contributed by atoms with Crippen molar-refractivity contribution in [3.63, 3.8) is 0 Å². The molecule has 4 aromatic carbocycles. The molecule has 0 heterocycles. The molecule has 0 saturated carbocycles. The second kappa shape index (κ2) is 12.2. The number of nitrogens with zero attached hydrogens (tertiary/aromatic N) is 1. The van der Waals surface area contributed by atoms with E-state index >= 15 is 0 Å². The molecule has 0 aliphatic carbocycles. The quantitative estimate of drug-likeness (QED) is 0.353. The number of carbonyl (C=O) groups is 2. The third-order valence-electron chi connectivity index (χ3n) is 5.61. The summed E-state index contributed by atoms with van der Waals surface area (Å²) < 4.78 is 5.76. The highest BCUT2D eigenvalue weighted by atomic mass is 16.5. The van der Waals surface area contributed by atoms with Gasteiger partial charge in [-0.25, -0.2) is 0 Å². The fourth-order valence-corrected chi connectivity index (χ4v) is 3.84. The Bertz CT molecular complexity index is 1200. The molecule has 0 aliphatic rings. The molecule has 4 aromatic rings. The molecule has 0 aliphatic heterocycles. The van der Waals surface area contributed by atoms with Crippen molar-refractivity contribution in [2.24, 2.45) is 0 Å². The molecule has 1 N–H and O–H groups in total. The van der Waals surface area contributed by atoms with Crippen LogP contribution in [0, 0.1) is 0 Å². The summed E-state index contributed by atoms with van der Waals surface area (Å²) in [4.78, 5) is 28.7. The summed E-state index contributed by atoms with van der Waals surface area (Å²) >= 11 is 0. The highest BCUT2D eigenvalue weighted by Gasteiger charge is 2.31. The lowest BCUT2D eigenvalue weighted by Gasteiger charge is -2.31. The first kappa shape index (κ1) is 23.8. The van der Waals surface area contributed by atoms with Crippen LogP contribution in [0.15, 0.2) is 121 Å². The molecule has 4 rings (SSSR count). The van der Waals surface area contributed by atoms with E-state index in [-0.39, 0.29) is 25.0 Å². The average molecular weight is 465 g/mol. The highest BCUT2D eigenvalue weighted by molar-refractivity contribution is 5.89. The number of carbonyl (C=O) groups excluding carboxylic acids is 2. The van der Waals surface area contributed by atoms with Gasteiger partial charge < -0.3 is 15.0 Å². The first-order valence-corrected chi connectivity index (χ1v) is 11.6. The van der Waals surface area contributed by atoms with Gasteiger partial charge in [0, 0.05) is 13.1 Å². The Hall–Kier alpha value is -4.38. The molecule has 0 spiro atoms. The van der Waals surface area contributed by atoms with Gasteiger partial charge in [0.15, 0.2) is 6.61 Å². The van der Waals surface area contributed by atoms with Crippen LogP contribution in [0.1, 0.15) is 22.7 Å². The van der Waals surface area contributed by atoms with Crippen LogP contribution in [-0.2, 0) is 22.7 Å². The van der Waals surface area contributed by atoms with Gasteiger partial charge in [0.05, 0.1) is 0 Å². The molecule has 0 fully saturated rings. The number of benzene rings is 4. The van der Waals surface area contributed by atoms with Crippen molar-refractivity contribution in [3.05, 3.63) is 138 Å². The van der Waals surface area contributed by atoms with Crippen LogP contribution in [0.3, 0.4) is 0 Å². The third-order valence-corrected chi connectivity index (χ3v) is 5.61. The molecular weight excluding hydrogens is 436 g/mol. The van der Waals surface area contributed by atoms with E-state index in [1.165, 1.54) is 0 Å². The van der Waals surface area contributed by atoms with Crippen molar-refractivity contribution < 1.29 is 14.3 Å². The van der Waals surface area contributed by atoms with Gasteiger partial charge in [-0.05, 0) is 28.8 Å². The first-order valence-electron chi connectivity index (χ1n) is 11.6. The van der Waals surface area contributed by atoms with E-state index in [1.807, 2.05) is 109 Å². The highest BCUT2D eigenvalue weighted by Crippen LogP contribution is 2.24. The number of para-hydroxylation sites is 1. The standard InChI is InChI=1S/C30H28N2O3/c33-28(23-35-27-19-11-4-12-20-27)32(22-25-15-7-2-8-16-25)29(26-17-9-3-10-18-26)30(34)31-21-24-13-5-1-6-14-24/h1-20,29H,21-23H2,(H,31,34)/t29-/m0/s1. The number of ether oxygens (including phenoxy) is 1. The Kier molecular flexibility index (Phi) is 8.28. The van der Waals surface area contributed by atoms with Gasteiger partial charge in [-0.2, -0.15) is 0 Å². The van der Waals surface area contributed by atoms with Gasteiger partial charge >= 0.3 is 0 Å². The monoisotopic (exact) mass is 464 g/mol. The zero-order chi connectivity index (χ0) is 24.3. The van der Waals surface area contributed by atoms with Crippen LogP contribution in [-0.4, -0.2) is 23.3 Å². The second-order valence-electron chi connectivity index (χ2n) is 8.13. The Morgan fingerprint density at radius 3 is 1.80 bits per heavy atom. The van der Waals surface area contributed by atoms with E-state index in [9.17, 15) is 9.59 Å². The van der Waals surface area contributed by atoms with E-state index in [2.05, 4.69) is 5.32 Å². The minimum absolute atomic E-state index is 0.174. The summed E-state index contributed by atoms with van der Waals surface area (Å²) in [7, 11) is 0. The minimum Gasteiger partial charge on any atom is -0.484 e. The van der Waals surface area contributed by atoms with Crippen molar-refractivity contribution in [1.82, 2.24) is 10.2 Å². The van der Waals surface area contributed by atoms with Crippen LogP contribution in [0.25, 0.3) is 0 Å². The Balaban J connectivity index is 1.61. The topological polar surface area (TPSA) is 58.6 Å². The smallest absolute Gasteiger partial charge is 0.261 e. The molecule has 35 heavy (non-hydrogen) atoms. The Morgan fingerprint density at radius 2 is 1.20 bits per heavy atom. The van der Waals surface area contributed by atoms with Crippen LogP contribution < -0.4 is 10.1 Å². The predicted octanol–water partition coefficient (Wildman–Crippen LogP) is 5.15. The molecule has 5 heteroatoms. The number of rotatable bonds is 10. The van der Waals surface area contributed by atoms with Gasteiger partial charge in [-0.1, -0.05) is 109 Å². The van der Waals surface area contributed by atoms with Crippen molar-refractivity contribution in [1.29, 1.82) is 0 Å². The van der Waals surface area contributed by atoms with E-state index in [0.717, 1.165) is 16.7 Å². The fourth-order valence-electron chi connectivity index (χ4n) is 3.84. The summed E-state index contributed by atoms with van der Waals surface area (Å²) in [6.45, 7) is 0.471. The van der Waals surface area contributed by atoms with Gasteiger partial charge in [-0.15, -0.1) is 0 Å². The van der Waals surface area contributed by atoms with Gasteiger partial charge in [-0.3, -0.25) is 9.59 Å². The maximum absolute atomic E-state index is 13.6. The van der Waals surface area contributed by atoms with Crippen molar-refractivity contribution in [2.45, 2.75) is 19.1 Å². The lowest BCUT2D eigenvalue weighted by atomic mass is 10.0. The van der Waals surface area contributed by atoms with Crippen molar-refractivity contribution in [3.8, 4) is 5.75 Å². The molecule has 5 nitrogen and oxygen atoms in total. The molecule has 0 bridgehead atoms. The molecule has 2 amide bonds. The molecule has 0 aromatic heterocycles. The predicted molar refractivity (Wildman–Crippen MR) is 136 cm³/mol. The summed E-state index contributed by atoms with van der Waals surface area (Å²) in [6, 6.07) is 37.1. The van der Waals surface area contributed by atoms with Crippen LogP contribution in [0.4, 0.5) is 0 Å². The van der Waals surface area contributed by atoms with Crippen LogP contribution >= 0.6 is 0 Å². The largest absolute Gasteiger partial charge is 0.484 e. The fraction of sp³-hybridized carbons (Fsp3) is 0.133. The minimum atomic E-state index is -0.813. The average Bonchev–Trinajstić information content (AvgIpc) is 2.92. The zero-order valence-corrected chi connectivity index (χ0v) is 19.4. The maximum atomic E-state index is 13.6. The summed E-state index contributed by atoms with van der Waals surface area (Å²) in [5, 5.41) is 3.02. The van der Waals surface area contributed by atoms with Crippen LogP contribution in [0.2, 0.25) is 0 Å². The Morgan fingerprint density at radius 1 is 0.686 bits per heavy atom. The molecule has 176 valence electrons. The Labute approximate surface area is 206 Å². The molecule has 0 unspecified atom stereocenters. The SMILES string of the molecule is O=C(NCc1ccccc1)[C@H](c1ccccc1)N(Cc1ccccc1)C(=O)COc1ccccc1. The maximum Gasteiger partial charge on any atom is 0.261 e. The first-order chi connectivity index (χ1) is 17.2. The van der Waals surface area contributed by atoms with Gasteiger partial charge in [0.25, 0.3) is 5.91 Å². The van der Waals surface area contributed by atoms with Gasteiger partial charge in [0.2, 0.25) is 5.91 Å². The zero-order valence-electron chi connectivity index (χ0n) is 19.4. The number of nitrogens with one attached hydrogen (secondary N) is 1.